The van der Waals surface area contributed by atoms with Crippen molar-refractivity contribution in [2.45, 2.75) is 75.4 Å². The molecule has 13 heteroatoms. The van der Waals surface area contributed by atoms with Gasteiger partial charge in [-0.15, -0.1) is 0 Å². The van der Waals surface area contributed by atoms with Gasteiger partial charge in [0.2, 0.25) is 10.0 Å². The molecule has 2 bridgehead atoms. The van der Waals surface area contributed by atoms with Crippen molar-refractivity contribution in [2.75, 3.05) is 6.26 Å². The minimum atomic E-state index is -4.70. The van der Waals surface area contributed by atoms with Crippen molar-refractivity contribution in [3.05, 3.63) is 63.2 Å². The Bertz CT molecular complexity index is 1400. The van der Waals surface area contributed by atoms with E-state index in [0.29, 0.717) is 37.1 Å². The number of nitrogens with one attached hydrogen (secondary N) is 1. The lowest BCUT2D eigenvalue weighted by molar-refractivity contribution is -0.137. The summed E-state index contributed by atoms with van der Waals surface area (Å²) in [6.45, 7) is 0.391. The summed E-state index contributed by atoms with van der Waals surface area (Å²) in [5, 5.41) is -0.663. The van der Waals surface area contributed by atoms with Crippen LogP contribution < -0.4 is 9.46 Å². The monoisotopic (exact) mass is 592 g/mol. The molecule has 39 heavy (non-hydrogen) atoms. The number of hydrogen-bond donors (Lipinski definition) is 1. The number of hydrogen-bond acceptors (Lipinski definition) is 5. The fourth-order valence-corrected chi connectivity index (χ4v) is 6.37. The van der Waals surface area contributed by atoms with Crippen LogP contribution in [0.4, 0.5) is 22.0 Å². The van der Waals surface area contributed by atoms with E-state index in [1.165, 1.54) is 12.1 Å². The minimum absolute atomic E-state index is 0.0126. The average molecular weight is 593 g/mol. The first-order valence-corrected chi connectivity index (χ1v) is 14.8. The molecule has 6 nitrogen and oxygen atoms in total. The standard InChI is InChI=1S/C26H26ClF5N2O4S/c1-39(36,37)33-25(35)20-11-19(13-2-3-13)14(6-22(20)28)12-34-16-4-5-17(34)10-18(9-16)38-23-8-15(26(30,31)32)7-21(27)24(23)29/h6-8,11,13,16-18H,2-5,9-10,12H2,1H3,(H,33,35)/t16-,17?,18?/m1/s1. The van der Waals surface area contributed by atoms with E-state index in [9.17, 15) is 35.2 Å². The van der Waals surface area contributed by atoms with Gasteiger partial charge in [-0.25, -0.2) is 21.9 Å². The summed E-state index contributed by atoms with van der Waals surface area (Å²) in [4.78, 5) is 14.5. The van der Waals surface area contributed by atoms with Crippen LogP contribution in [-0.4, -0.2) is 43.7 Å². The zero-order valence-electron chi connectivity index (χ0n) is 20.8. The predicted octanol–water partition coefficient (Wildman–Crippen LogP) is 5.78. The number of carbonyl (C=O) groups excluding carboxylic acids is 1. The smallest absolute Gasteiger partial charge is 0.416 e. The van der Waals surface area contributed by atoms with Crippen LogP contribution in [0.1, 0.15) is 71.5 Å². The molecule has 0 radical (unpaired) electrons. The number of ether oxygens (including phenoxy) is 1. The number of amides is 1. The Morgan fingerprint density at radius 2 is 1.72 bits per heavy atom. The SMILES string of the molecule is CS(=O)(=O)NC(=O)c1cc(C2CC2)c(CN2C3CC[C@@H]2CC(Oc2cc(C(F)(F)F)cc(Cl)c2F)C3)cc1F. The van der Waals surface area contributed by atoms with Crippen molar-refractivity contribution < 1.29 is 39.9 Å². The molecule has 2 aromatic carbocycles. The van der Waals surface area contributed by atoms with E-state index in [1.54, 1.807) is 4.72 Å². The molecule has 2 aliphatic heterocycles. The Balaban J connectivity index is 1.33. The molecule has 2 aromatic rings. The molecule has 2 unspecified atom stereocenters. The molecular formula is C26H26ClF5N2O4S. The number of nitrogens with zero attached hydrogens (tertiary/aromatic N) is 1. The van der Waals surface area contributed by atoms with Gasteiger partial charge in [-0.2, -0.15) is 13.2 Å². The largest absolute Gasteiger partial charge is 0.487 e. The van der Waals surface area contributed by atoms with Gasteiger partial charge in [0.15, 0.2) is 11.6 Å². The van der Waals surface area contributed by atoms with E-state index in [-0.39, 0.29) is 23.6 Å². The van der Waals surface area contributed by atoms with Gasteiger partial charge in [-0.05, 0) is 79.8 Å². The average Bonchev–Trinajstić information content (AvgIpc) is 3.62. The van der Waals surface area contributed by atoms with Crippen molar-refractivity contribution >= 4 is 27.5 Å². The second kappa shape index (κ2) is 10.2. The first kappa shape index (κ1) is 28.1. The number of piperidine rings is 1. The Morgan fingerprint density at radius 3 is 2.28 bits per heavy atom. The third kappa shape index (κ3) is 6.17. The first-order chi connectivity index (χ1) is 18.2. The fourth-order valence-electron chi connectivity index (χ4n) is 5.71. The van der Waals surface area contributed by atoms with Crippen molar-refractivity contribution in [2.24, 2.45) is 0 Å². The molecule has 3 aliphatic rings. The summed E-state index contributed by atoms with van der Waals surface area (Å²) < 4.78 is 99.5. The zero-order chi connectivity index (χ0) is 28.3. The summed E-state index contributed by atoms with van der Waals surface area (Å²) >= 11 is 5.70. The molecular weight excluding hydrogens is 567 g/mol. The Labute approximate surface area is 227 Å². The van der Waals surface area contributed by atoms with E-state index in [4.69, 9.17) is 16.3 Å². The maximum atomic E-state index is 15.0. The summed E-state index contributed by atoms with van der Waals surface area (Å²) in [6.07, 6.45) is -0.168. The van der Waals surface area contributed by atoms with Gasteiger partial charge in [0, 0.05) is 18.6 Å². The fraction of sp³-hybridized carbons (Fsp3) is 0.500. The third-order valence-corrected chi connectivity index (χ3v) is 8.41. The van der Waals surface area contributed by atoms with E-state index in [0.717, 1.165) is 37.5 Å². The van der Waals surface area contributed by atoms with Crippen molar-refractivity contribution in [3.8, 4) is 5.75 Å². The van der Waals surface area contributed by atoms with Crippen molar-refractivity contribution in [3.63, 3.8) is 0 Å². The zero-order valence-corrected chi connectivity index (χ0v) is 22.4. The molecule has 5 rings (SSSR count). The van der Waals surface area contributed by atoms with Crippen LogP contribution in [0.5, 0.6) is 5.75 Å². The normalized spacial score (nSPS) is 23.6. The molecule has 1 aliphatic carbocycles. The number of sulfonamides is 1. The molecule has 1 N–H and O–H groups in total. The Kier molecular flexibility index (Phi) is 7.34. The van der Waals surface area contributed by atoms with Gasteiger partial charge in [0.1, 0.15) is 11.9 Å². The number of rotatable bonds is 7. The Hall–Kier alpha value is -2.44. The molecule has 0 spiro atoms. The van der Waals surface area contributed by atoms with E-state index in [1.807, 2.05) is 0 Å². The lowest BCUT2D eigenvalue weighted by atomic mass is 9.95. The maximum absolute atomic E-state index is 15.0. The van der Waals surface area contributed by atoms with Gasteiger partial charge >= 0.3 is 6.18 Å². The summed E-state index contributed by atoms with van der Waals surface area (Å²) in [6, 6.07) is 3.85. The van der Waals surface area contributed by atoms with Crippen LogP contribution in [-0.2, 0) is 22.7 Å². The lowest BCUT2D eigenvalue weighted by Gasteiger charge is -2.39. The highest BCUT2D eigenvalue weighted by atomic mass is 35.5. The topological polar surface area (TPSA) is 75.7 Å². The van der Waals surface area contributed by atoms with Crippen molar-refractivity contribution in [1.82, 2.24) is 9.62 Å². The van der Waals surface area contributed by atoms with Crippen LogP contribution in [0.25, 0.3) is 0 Å². The molecule has 0 aromatic heterocycles. The maximum Gasteiger partial charge on any atom is 0.416 e. The van der Waals surface area contributed by atoms with Gasteiger partial charge in [0.05, 0.1) is 22.4 Å². The summed E-state index contributed by atoms with van der Waals surface area (Å²) in [5.41, 5.74) is 0.0851. The minimum Gasteiger partial charge on any atom is -0.487 e. The van der Waals surface area contributed by atoms with E-state index < -0.39 is 56.2 Å². The van der Waals surface area contributed by atoms with Crippen LogP contribution in [0, 0.1) is 11.6 Å². The third-order valence-electron chi connectivity index (χ3n) is 7.58. The number of halogens is 6. The molecule has 3 fully saturated rings. The van der Waals surface area contributed by atoms with E-state index in [2.05, 4.69) is 4.90 Å². The van der Waals surface area contributed by atoms with Gasteiger partial charge in [0.25, 0.3) is 5.91 Å². The summed E-state index contributed by atoms with van der Waals surface area (Å²) in [5.74, 6) is -3.27. The second-order valence-corrected chi connectivity index (χ2v) is 12.7. The first-order valence-electron chi connectivity index (χ1n) is 12.5. The van der Waals surface area contributed by atoms with Gasteiger partial charge in [-0.1, -0.05) is 11.6 Å². The lowest BCUT2D eigenvalue weighted by Crippen LogP contribution is -2.46. The van der Waals surface area contributed by atoms with E-state index >= 15 is 0 Å². The highest BCUT2D eigenvalue weighted by Gasteiger charge is 2.43. The molecule has 2 heterocycles. The van der Waals surface area contributed by atoms with Gasteiger partial charge < -0.3 is 4.74 Å². The molecule has 2 saturated heterocycles. The highest BCUT2D eigenvalue weighted by Crippen LogP contribution is 2.45. The summed E-state index contributed by atoms with van der Waals surface area (Å²) in [7, 11) is -3.86. The van der Waals surface area contributed by atoms with Crippen LogP contribution >= 0.6 is 11.6 Å². The molecule has 212 valence electrons. The van der Waals surface area contributed by atoms with Crippen LogP contribution in [0.15, 0.2) is 24.3 Å². The number of carbonyl (C=O) groups is 1. The molecule has 1 amide bonds. The number of fused-ring (bicyclic) bond motifs is 2. The van der Waals surface area contributed by atoms with Crippen LogP contribution in [0.3, 0.4) is 0 Å². The highest BCUT2D eigenvalue weighted by molar-refractivity contribution is 7.89. The predicted molar refractivity (Wildman–Crippen MR) is 133 cm³/mol. The van der Waals surface area contributed by atoms with Gasteiger partial charge in [-0.3, -0.25) is 9.69 Å². The second-order valence-electron chi connectivity index (χ2n) is 10.5. The Morgan fingerprint density at radius 1 is 1.08 bits per heavy atom. The van der Waals surface area contributed by atoms with Crippen LogP contribution in [0.2, 0.25) is 5.02 Å². The van der Waals surface area contributed by atoms with Crippen molar-refractivity contribution in [1.29, 1.82) is 0 Å². The number of alkyl halides is 3. The molecule has 1 saturated carbocycles. The number of benzene rings is 2. The molecule has 3 atom stereocenters. The quantitative estimate of drug-likeness (QED) is 0.413.